The second-order valence-corrected chi connectivity index (χ2v) is 5.97. The number of nitrogens with one attached hydrogen (secondary N) is 2. The van der Waals surface area contributed by atoms with Crippen molar-refractivity contribution in [2.24, 2.45) is 11.3 Å². The molecule has 1 fully saturated rings. The molecule has 2 heteroatoms. The summed E-state index contributed by atoms with van der Waals surface area (Å²) in [6.07, 6.45) is 3.93. The first-order valence-electron chi connectivity index (χ1n) is 8.89. The van der Waals surface area contributed by atoms with E-state index in [1.807, 2.05) is 27.7 Å². The van der Waals surface area contributed by atoms with Gasteiger partial charge in [0, 0.05) is 13.1 Å². The quantitative estimate of drug-likeness (QED) is 0.756. The van der Waals surface area contributed by atoms with E-state index in [1.54, 1.807) is 0 Å². The Morgan fingerprint density at radius 3 is 1.50 bits per heavy atom. The Balaban J connectivity index is -0.000000234. The molecule has 0 aromatic rings. The molecule has 20 heavy (non-hydrogen) atoms. The molecule has 0 atom stereocenters. The van der Waals surface area contributed by atoms with Crippen LogP contribution in [0.2, 0.25) is 0 Å². The first-order chi connectivity index (χ1) is 9.48. The Labute approximate surface area is 130 Å². The van der Waals surface area contributed by atoms with Crippen molar-refractivity contribution in [3.05, 3.63) is 0 Å². The SMILES string of the molecule is C1CNCCNC1.CC.CC.CCC(C)(C)CC(C)C. The molecule has 1 rings (SSSR count). The third kappa shape index (κ3) is 23.0. The molecular formula is C18H44N2. The van der Waals surface area contributed by atoms with Gasteiger partial charge in [-0.2, -0.15) is 0 Å². The van der Waals surface area contributed by atoms with Gasteiger partial charge in [0.25, 0.3) is 0 Å². The van der Waals surface area contributed by atoms with Crippen LogP contribution in [0.3, 0.4) is 0 Å². The zero-order valence-corrected chi connectivity index (χ0v) is 16.0. The first kappa shape index (κ1) is 24.9. The summed E-state index contributed by atoms with van der Waals surface area (Å²) in [5, 5.41) is 6.57. The van der Waals surface area contributed by atoms with Crippen LogP contribution in [0, 0.1) is 11.3 Å². The van der Waals surface area contributed by atoms with E-state index >= 15 is 0 Å². The van der Waals surface area contributed by atoms with Crippen molar-refractivity contribution < 1.29 is 0 Å². The van der Waals surface area contributed by atoms with Crippen molar-refractivity contribution in [2.45, 2.75) is 81.6 Å². The first-order valence-corrected chi connectivity index (χ1v) is 8.89. The monoisotopic (exact) mass is 288 g/mol. The third-order valence-corrected chi connectivity index (χ3v) is 3.10. The minimum atomic E-state index is 0.564. The second-order valence-electron chi connectivity index (χ2n) is 5.97. The van der Waals surface area contributed by atoms with E-state index in [0.717, 1.165) is 19.0 Å². The third-order valence-electron chi connectivity index (χ3n) is 3.10. The molecule has 0 bridgehead atoms. The van der Waals surface area contributed by atoms with E-state index in [2.05, 4.69) is 45.3 Å². The van der Waals surface area contributed by atoms with Crippen molar-refractivity contribution >= 4 is 0 Å². The molecule has 1 aliphatic heterocycles. The Morgan fingerprint density at radius 2 is 1.25 bits per heavy atom. The van der Waals surface area contributed by atoms with Gasteiger partial charge in [0.15, 0.2) is 0 Å². The molecular weight excluding hydrogens is 244 g/mol. The Morgan fingerprint density at radius 1 is 0.850 bits per heavy atom. The lowest BCUT2D eigenvalue weighted by Gasteiger charge is -2.24. The molecule has 1 aliphatic rings. The van der Waals surface area contributed by atoms with Crippen LogP contribution in [0.1, 0.15) is 81.6 Å². The van der Waals surface area contributed by atoms with E-state index in [0.29, 0.717) is 5.41 Å². The van der Waals surface area contributed by atoms with Crippen LogP contribution in [0.4, 0.5) is 0 Å². The second kappa shape index (κ2) is 18.9. The van der Waals surface area contributed by atoms with Crippen LogP contribution in [-0.2, 0) is 0 Å². The minimum absolute atomic E-state index is 0.564. The van der Waals surface area contributed by atoms with E-state index in [4.69, 9.17) is 0 Å². The Bertz CT molecular complexity index is 134. The maximum absolute atomic E-state index is 3.28. The molecule has 0 aromatic carbocycles. The largest absolute Gasteiger partial charge is 0.315 e. The number of hydrogen-bond donors (Lipinski definition) is 2. The van der Waals surface area contributed by atoms with Crippen molar-refractivity contribution in [3.8, 4) is 0 Å². The summed E-state index contributed by atoms with van der Waals surface area (Å²) < 4.78 is 0. The van der Waals surface area contributed by atoms with Crippen LogP contribution in [-0.4, -0.2) is 26.2 Å². The molecule has 0 radical (unpaired) electrons. The van der Waals surface area contributed by atoms with Gasteiger partial charge in [-0.3, -0.25) is 0 Å². The van der Waals surface area contributed by atoms with Crippen LogP contribution < -0.4 is 10.6 Å². The normalized spacial score (nSPS) is 14.7. The van der Waals surface area contributed by atoms with Crippen molar-refractivity contribution in [2.75, 3.05) is 26.2 Å². The standard InChI is InChI=1S/C9H20.C5H12N2.2C2H6/c1-6-9(4,5)7-8(2)3;1-2-6-4-5-7-3-1;2*1-2/h8H,6-7H2,1-5H3;6-7H,1-5H2;2*1-2H3. The van der Waals surface area contributed by atoms with E-state index < -0.39 is 0 Å². The lowest BCUT2D eigenvalue weighted by atomic mass is 9.82. The molecule has 126 valence electrons. The lowest BCUT2D eigenvalue weighted by molar-refractivity contribution is 0.277. The van der Waals surface area contributed by atoms with Gasteiger partial charge >= 0.3 is 0 Å². The molecule has 1 heterocycles. The molecule has 0 amide bonds. The van der Waals surface area contributed by atoms with Crippen LogP contribution in [0.15, 0.2) is 0 Å². The van der Waals surface area contributed by atoms with Crippen molar-refractivity contribution in [3.63, 3.8) is 0 Å². The molecule has 0 aromatic heterocycles. The minimum Gasteiger partial charge on any atom is -0.315 e. The van der Waals surface area contributed by atoms with Crippen LogP contribution in [0.5, 0.6) is 0 Å². The number of rotatable bonds is 3. The van der Waals surface area contributed by atoms with Crippen molar-refractivity contribution in [1.82, 2.24) is 10.6 Å². The molecule has 0 unspecified atom stereocenters. The Kier molecular flexibility index (Phi) is 23.6. The predicted molar refractivity (Wildman–Crippen MR) is 96.6 cm³/mol. The van der Waals surface area contributed by atoms with Crippen molar-refractivity contribution in [1.29, 1.82) is 0 Å². The lowest BCUT2D eigenvalue weighted by Crippen LogP contribution is -2.21. The maximum Gasteiger partial charge on any atom is 0.00767 e. The molecule has 1 saturated heterocycles. The van der Waals surface area contributed by atoms with E-state index in [9.17, 15) is 0 Å². The smallest absolute Gasteiger partial charge is 0.00767 e. The number of hydrogen-bond acceptors (Lipinski definition) is 2. The fourth-order valence-corrected chi connectivity index (χ4v) is 2.01. The topological polar surface area (TPSA) is 24.1 Å². The molecule has 0 saturated carbocycles. The summed E-state index contributed by atoms with van der Waals surface area (Å²) in [6, 6.07) is 0. The average Bonchev–Trinajstić information content (AvgIpc) is 2.75. The summed E-state index contributed by atoms with van der Waals surface area (Å²) in [7, 11) is 0. The highest BCUT2D eigenvalue weighted by Crippen LogP contribution is 2.28. The highest BCUT2D eigenvalue weighted by molar-refractivity contribution is 4.67. The average molecular weight is 289 g/mol. The fraction of sp³-hybridized carbons (Fsp3) is 1.00. The zero-order chi connectivity index (χ0) is 16.4. The van der Waals surface area contributed by atoms with Gasteiger partial charge in [0.05, 0.1) is 0 Å². The molecule has 0 aliphatic carbocycles. The molecule has 2 nitrogen and oxygen atoms in total. The van der Waals surface area contributed by atoms with Gasteiger partial charge in [-0.25, -0.2) is 0 Å². The van der Waals surface area contributed by atoms with Crippen LogP contribution in [0.25, 0.3) is 0 Å². The van der Waals surface area contributed by atoms with Gasteiger partial charge in [0.1, 0.15) is 0 Å². The summed E-state index contributed by atoms with van der Waals surface area (Å²) >= 11 is 0. The highest BCUT2D eigenvalue weighted by atomic mass is 15.0. The summed E-state index contributed by atoms with van der Waals surface area (Å²) in [5.74, 6) is 0.847. The van der Waals surface area contributed by atoms with E-state index in [1.165, 1.54) is 32.4 Å². The zero-order valence-electron chi connectivity index (χ0n) is 16.0. The van der Waals surface area contributed by atoms with Crippen LogP contribution >= 0.6 is 0 Å². The molecule has 0 spiro atoms. The van der Waals surface area contributed by atoms with Gasteiger partial charge in [-0.05, 0) is 37.3 Å². The summed E-state index contributed by atoms with van der Waals surface area (Å²) in [4.78, 5) is 0. The highest BCUT2D eigenvalue weighted by Gasteiger charge is 2.15. The molecule has 2 N–H and O–H groups in total. The van der Waals surface area contributed by atoms with Gasteiger partial charge in [-0.15, -0.1) is 0 Å². The predicted octanol–water partition coefficient (Wildman–Crippen LogP) is 5.09. The van der Waals surface area contributed by atoms with Gasteiger partial charge in [0.2, 0.25) is 0 Å². The van der Waals surface area contributed by atoms with Gasteiger partial charge in [-0.1, -0.05) is 68.7 Å². The van der Waals surface area contributed by atoms with E-state index in [-0.39, 0.29) is 0 Å². The summed E-state index contributed by atoms with van der Waals surface area (Å²) in [5.41, 5.74) is 0.564. The van der Waals surface area contributed by atoms with Gasteiger partial charge < -0.3 is 10.6 Å². The fourth-order valence-electron chi connectivity index (χ4n) is 2.01. The Hall–Kier alpha value is -0.0800. The maximum atomic E-state index is 3.28. The summed E-state index contributed by atoms with van der Waals surface area (Å²) in [6.45, 7) is 24.2.